The number of rotatable bonds is 1. The van der Waals surface area contributed by atoms with Crippen LogP contribution in [0.1, 0.15) is 10.4 Å². The second kappa shape index (κ2) is 4.72. The molecule has 2 atom stereocenters. The zero-order chi connectivity index (χ0) is 12.6. The molecule has 17 heavy (non-hydrogen) atoms. The van der Waals surface area contributed by atoms with Crippen LogP contribution in [0.15, 0.2) is 22.7 Å². The zero-order valence-corrected chi connectivity index (χ0v) is 10.4. The van der Waals surface area contributed by atoms with Gasteiger partial charge in [0.05, 0.1) is 16.7 Å². The number of aliphatic hydroxyl groups is 2. The summed E-state index contributed by atoms with van der Waals surface area (Å²) >= 11 is 3.00. The number of nitrogens with zero attached hydrogens (tertiary/aromatic N) is 1. The Kier molecular flexibility index (Phi) is 3.46. The Hall–Kier alpha value is -0.980. The molecule has 0 saturated carbocycles. The minimum Gasteiger partial charge on any atom is -0.388 e. The van der Waals surface area contributed by atoms with Crippen molar-refractivity contribution < 1.29 is 19.4 Å². The van der Waals surface area contributed by atoms with Crippen LogP contribution in [-0.4, -0.2) is 46.3 Å². The van der Waals surface area contributed by atoms with E-state index in [1.165, 1.54) is 17.0 Å². The highest BCUT2D eigenvalue weighted by Crippen LogP contribution is 2.19. The summed E-state index contributed by atoms with van der Waals surface area (Å²) in [6, 6.07) is 4.07. The van der Waals surface area contributed by atoms with Crippen molar-refractivity contribution in [1.82, 2.24) is 4.90 Å². The van der Waals surface area contributed by atoms with E-state index >= 15 is 0 Å². The van der Waals surface area contributed by atoms with E-state index in [0.717, 1.165) is 6.07 Å². The van der Waals surface area contributed by atoms with Gasteiger partial charge in [-0.05, 0) is 34.1 Å². The monoisotopic (exact) mass is 303 g/mol. The molecule has 1 aromatic rings. The highest BCUT2D eigenvalue weighted by Gasteiger charge is 2.33. The van der Waals surface area contributed by atoms with Crippen molar-refractivity contribution in [2.75, 3.05) is 13.1 Å². The molecule has 0 radical (unpaired) electrons. The average molecular weight is 304 g/mol. The lowest BCUT2D eigenvalue weighted by Crippen LogP contribution is -2.29. The Balaban J connectivity index is 2.17. The number of benzene rings is 1. The first-order valence-electron chi connectivity index (χ1n) is 5.09. The summed E-state index contributed by atoms with van der Waals surface area (Å²) in [6.07, 6.45) is -1.86. The lowest BCUT2D eigenvalue weighted by molar-refractivity contribution is 0.0572. The predicted molar refractivity (Wildman–Crippen MR) is 62.0 cm³/mol. The number of carbonyl (C=O) groups excluding carboxylic acids is 1. The van der Waals surface area contributed by atoms with Crippen LogP contribution in [0.3, 0.4) is 0 Å². The van der Waals surface area contributed by atoms with Gasteiger partial charge < -0.3 is 15.1 Å². The van der Waals surface area contributed by atoms with Gasteiger partial charge in [-0.3, -0.25) is 4.79 Å². The lowest BCUT2D eigenvalue weighted by atomic mass is 10.2. The van der Waals surface area contributed by atoms with Crippen molar-refractivity contribution in [1.29, 1.82) is 0 Å². The summed E-state index contributed by atoms with van der Waals surface area (Å²) in [5.74, 6) is -0.914. The van der Waals surface area contributed by atoms with Gasteiger partial charge in [0.1, 0.15) is 5.82 Å². The fraction of sp³-hybridized carbons (Fsp3) is 0.364. The van der Waals surface area contributed by atoms with E-state index in [4.69, 9.17) is 0 Å². The second-order valence-electron chi connectivity index (χ2n) is 3.97. The SMILES string of the molecule is O=C(c1ccc(Br)c(F)c1)N1C[C@@H](O)[C@@H](O)C1. The smallest absolute Gasteiger partial charge is 0.254 e. The molecule has 1 aliphatic rings. The zero-order valence-electron chi connectivity index (χ0n) is 8.81. The molecule has 1 amide bonds. The van der Waals surface area contributed by atoms with E-state index in [-0.39, 0.29) is 23.1 Å². The van der Waals surface area contributed by atoms with Crippen LogP contribution >= 0.6 is 15.9 Å². The molecular formula is C11H11BrFNO3. The Labute approximate surface area is 106 Å². The lowest BCUT2D eigenvalue weighted by Gasteiger charge is -2.15. The van der Waals surface area contributed by atoms with E-state index in [0.29, 0.717) is 0 Å². The molecule has 1 aliphatic heterocycles. The van der Waals surface area contributed by atoms with Crippen molar-refractivity contribution >= 4 is 21.8 Å². The van der Waals surface area contributed by atoms with Gasteiger partial charge in [-0.15, -0.1) is 0 Å². The number of hydrogen-bond acceptors (Lipinski definition) is 3. The van der Waals surface area contributed by atoms with E-state index in [2.05, 4.69) is 15.9 Å². The largest absolute Gasteiger partial charge is 0.388 e. The fourth-order valence-electron chi connectivity index (χ4n) is 1.75. The van der Waals surface area contributed by atoms with Crippen molar-refractivity contribution in [2.24, 2.45) is 0 Å². The van der Waals surface area contributed by atoms with Crippen molar-refractivity contribution in [3.05, 3.63) is 34.1 Å². The molecule has 0 spiro atoms. The third-order valence-electron chi connectivity index (χ3n) is 2.71. The van der Waals surface area contributed by atoms with Crippen LogP contribution in [0, 0.1) is 5.82 Å². The van der Waals surface area contributed by atoms with Gasteiger partial charge in [0.25, 0.3) is 5.91 Å². The molecule has 1 fully saturated rings. The number of aliphatic hydroxyl groups excluding tert-OH is 2. The van der Waals surface area contributed by atoms with Gasteiger partial charge in [0.2, 0.25) is 0 Å². The maximum absolute atomic E-state index is 13.3. The van der Waals surface area contributed by atoms with Crippen molar-refractivity contribution in [3.63, 3.8) is 0 Å². The van der Waals surface area contributed by atoms with E-state index in [1.54, 1.807) is 0 Å². The molecule has 1 aromatic carbocycles. The first-order chi connectivity index (χ1) is 7.99. The summed E-state index contributed by atoms with van der Waals surface area (Å²) < 4.78 is 13.6. The summed E-state index contributed by atoms with van der Waals surface area (Å²) in [5.41, 5.74) is 0.201. The number of likely N-dealkylation sites (tertiary alicyclic amines) is 1. The molecule has 1 saturated heterocycles. The Morgan fingerprint density at radius 2 is 1.94 bits per heavy atom. The molecular weight excluding hydrogens is 293 g/mol. The molecule has 4 nitrogen and oxygen atoms in total. The normalized spacial score (nSPS) is 24.1. The molecule has 2 N–H and O–H groups in total. The molecule has 0 aliphatic carbocycles. The third-order valence-corrected chi connectivity index (χ3v) is 3.36. The average Bonchev–Trinajstić information content (AvgIpc) is 2.62. The minimum atomic E-state index is -0.931. The van der Waals surface area contributed by atoms with Crippen LogP contribution in [0.2, 0.25) is 0 Å². The summed E-state index contributed by atoms with van der Waals surface area (Å²) in [7, 11) is 0. The van der Waals surface area contributed by atoms with Gasteiger partial charge in [-0.25, -0.2) is 4.39 Å². The quantitative estimate of drug-likeness (QED) is 0.805. The molecule has 0 bridgehead atoms. The first kappa shape index (κ1) is 12.5. The summed E-state index contributed by atoms with van der Waals surface area (Å²) in [6.45, 7) is 0.134. The number of amides is 1. The highest BCUT2D eigenvalue weighted by molar-refractivity contribution is 9.10. The minimum absolute atomic E-state index is 0.0671. The van der Waals surface area contributed by atoms with Gasteiger partial charge >= 0.3 is 0 Å². The molecule has 0 aromatic heterocycles. The summed E-state index contributed by atoms with van der Waals surface area (Å²) in [4.78, 5) is 13.2. The van der Waals surface area contributed by atoms with Crippen LogP contribution in [0.25, 0.3) is 0 Å². The number of β-amino-alcohol motifs (C(OH)–C–C–N with tert-alkyl or cyclic N) is 2. The van der Waals surface area contributed by atoms with Crippen LogP contribution in [0.4, 0.5) is 4.39 Å². The van der Waals surface area contributed by atoms with Crippen LogP contribution in [0.5, 0.6) is 0 Å². The topological polar surface area (TPSA) is 60.8 Å². The number of hydrogen-bond donors (Lipinski definition) is 2. The van der Waals surface area contributed by atoms with Crippen LogP contribution in [-0.2, 0) is 0 Å². The molecule has 92 valence electrons. The van der Waals surface area contributed by atoms with Gasteiger partial charge in [-0.2, -0.15) is 0 Å². The standard InChI is InChI=1S/C11H11BrFNO3/c12-7-2-1-6(3-8(7)13)11(17)14-4-9(15)10(16)5-14/h1-3,9-10,15-16H,4-5H2/t9-,10+. The van der Waals surface area contributed by atoms with E-state index in [9.17, 15) is 19.4 Å². The Morgan fingerprint density at radius 3 is 2.47 bits per heavy atom. The summed E-state index contributed by atoms with van der Waals surface area (Å²) in [5, 5.41) is 18.7. The highest BCUT2D eigenvalue weighted by atomic mass is 79.9. The third kappa shape index (κ3) is 2.48. The molecule has 0 unspecified atom stereocenters. The van der Waals surface area contributed by atoms with Crippen LogP contribution < -0.4 is 0 Å². The van der Waals surface area contributed by atoms with Crippen molar-refractivity contribution in [2.45, 2.75) is 12.2 Å². The van der Waals surface area contributed by atoms with Gasteiger partial charge in [0, 0.05) is 18.7 Å². The maximum Gasteiger partial charge on any atom is 0.254 e. The second-order valence-corrected chi connectivity index (χ2v) is 4.83. The maximum atomic E-state index is 13.3. The van der Waals surface area contributed by atoms with E-state index < -0.39 is 23.9 Å². The predicted octanol–water partition coefficient (Wildman–Crippen LogP) is 0.766. The van der Waals surface area contributed by atoms with Gasteiger partial charge in [-0.1, -0.05) is 0 Å². The molecule has 2 rings (SSSR count). The first-order valence-corrected chi connectivity index (χ1v) is 5.89. The van der Waals surface area contributed by atoms with Crippen molar-refractivity contribution in [3.8, 4) is 0 Å². The van der Waals surface area contributed by atoms with E-state index in [1.807, 2.05) is 0 Å². The fourth-order valence-corrected chi connectivity index (χ4v) is 1.99. The number of carbonyl (C=O) groups is 1. The molecule has 6 heteroatoms. The number of halogens is 2. The Bertz CT molecular complexity index is 444. The Morgan fingerprint density at radius 1 is 1.35 bits per heavy atom. The van der Waals surface area contributed by atoms with Gasteiger partial charge in [0.15, 0.2) is 0 Å². The molecule has 1 heterocycles.